The van der Waals surface area contributed by atoms with Gasteiger partial charge in [0.05, 0.1) is 6.20 Å². The molecule has 1 N–H and O–H groups in total. The zero-order valence-corrected chi connectivity index (χ0v) is 19.0. The predicted molar refractivity (Wildman–Crippen MR) is 130 cm³/mol. The highest BCUT2D eigenvalue weighted by atomic mass is 16.5. The van der Waals surface area contributed by atoms with Gasteiger partial charge in [-0.2, -0.15) is 5.10 Å². The fourth-order valence-corrected chi connectivity index (χ4v) is 4.02. The largest absolute Gasteiger partial charge is 0.482 e. The number of hydrogen-bond donors (Lipinski definition) is 1. The topological polar surface area (TPSA) is 73.6 Å². The molecular weight excluding hydrogens is 428 g/mol. The maximum absolute atomic E-state index is 10.9. The standard InChI is InChI=1S/C28H26N2O4/c1-19-13-27(25(23-11-12-23)14-26(19)33-17-28(31)32)34-18-30-16-24(15-29-30)22-9-7-21(8-10-22)20-5-3-2-4-6-20/h2-10,13-16,23H,11-12,17-18H2,1H3,(H,31,32). The summed E-state index contributed by atoms with van der Waals surface area (Å²) < 4.78 is 13.4. The van der Waals surface area contributed by atoms with Crippen molar-refractivity contribution in [3.63, 3.8) is 0 Å². The van der Waals surface area contributed by atoms with Gasteiger partial charge in [0.15, 0.2) is 13.3 Å². The second-order valence-electron chi connectivity index (χ2n) is 8.60. The first-order chi connectivity index (χ1) is 16.6. The molecule has 1 aliphatic carbocycles. The molecule has 1 saturated carbocycles. The second kappa shape index (κ2) is 9.43. The van der Waals surface area contributed by atoms with E-state index in [0.717, 1.165) is 40.8 Å². The number of carboxylic acid groups (broad SMARTS) is 1. The number of hydrogen-bond acceptors (Lipinski definition) is 4. The molecule has 0 atom stereocenters. The number of benzene rings is 3. The first-order valence-electron chi connectivity index (χ1n) is 11.4. The number of nitrogens with zero attached hydrogens (tertiary/aromatic N) is 2. The smallest absolute Gasteiger partial charge is 0.341 e. The van der Waals surface area contributed by atoms with Crippen molar-refractivity contribution in [3.8, 4) is 33.8 Å². The molecule has 1 aromatic heterocycles. The number of carbonyl (C=O) groups is 1. The Hall–Kier alpha value is -4.06. The van der Waals surface area contributed by atoms with Gasteiger partial charge in [-0.3, -0.25) is 0 Å². The van der Waals surface area contributed by atoms with Crippen LogP contribution in [-0.2, 0) is 11.5 Å². The van der Waals surface area contributed by atoms with Crippen LogP contribution >= 0.6 is 0 Å². The third kappa shape index (κ3) is 4.96. The van der Waals surface area contributed by atoms with Gasteiger partial charge in [0.1, 0.15) is 11.5 Å². The van der Waals surface area contributed by atoms with Crippen LogP contribution in [0.5, 0.6) is 11.5 Å². The van der Waals surface area contributed by atoms with Gasteiger partial charge in [-0.15, -0.1) is 0 Å². The van der Waals surface area contributed by atoms with Crippen LogP contribution in [0.4, 0.5) is 0 Å². The van der Waals surface area contributed by atoms with E-state index in [9.17, 15) is 4.79 Å². The van der Waals surface area contributed by atoms with Crippen LogP contribution in [0.25, 0.3) is 22.3 Å². The maximum atomic E-state index is 10.9. The molecule has 4 aromatic rings. The van der Waals surface area contributed by atoms with Crippen LogP contribution < -0.4 is 9.47 Å². The lowest BCUT2D eigenvalue weighted by atomic mass is 10.0. The van der Waals surface area contributed by atoms with Crippen molar-refractivity contribution in [1.29, 1.82) is 0 Å². The van der Waals surface area contributed by atoms with Crippen molar-refractivity contribution in [3.05, 3.63) is 90.3 Å². The fraction of sp³-hybridized carbons (Fsp3) is 0.214. The van der Waals surface area contributed by atoms with Gasteiger partial charge < -0.3 is 14.6 Å². The van der Waals surface area contributed by atoms with E-state index in [1.165, 1.54) is 11.1 Å². The van der Waals surface area contributed by atoms with E-state index in [1.54, 1.807) is 4.68 Å². The summed E-state index contributed by atoms with van der Waals surface area (Å²) in [4.78, 5) is 10.9. The SMILES string of the molecule is Cc1cc(OCn2cc(-c3ccc(-c4ccccc4)cc3)cn2)c(C2CC2)cc1OCC(=O)O. The second-order valence-corrected chi connectivity index (χ2v) is 8.60. The van der Waals surface area contributed by atoms with E-state index in [0.29, 0.717) is 11.7 Å². The molecule has 6 heteroatoms. The van der Waals surface area contributed by atoms with Crippen molar-refractivity contribution < 1.29 is 19.4 Å². The van der Waals surface area contributed by atoms with Crippen LogP contribution in [-0.4, -0.2) is 27.5 Å². The predicted octanol–water partition coefficient (Wildman–Crippen LogP) is 5.90. The van der Waals surface area contributed by atoms with E-state index < -0.39 is 5.97 Å². The Morgan fingerprint density at radius 2 is 1.62 bits per heavy atom. The molecule has 0 aliphatic heterocycles. The normalized spacial score (nSPS) is 13.0. The number of ether oxygens (including phenoxy) is 2. The highest BCUT2D eigenvalue weighted by molar-refractivity contribution is 5.70. The van der Waals surface area contributed by atoms with Crippen LogP contribution in [0.2, 0.25) is 0 Å². The fourth-order valence-electron chi connectivity index (χ4n) is 4.02. The van der Waals surface area contributed by atoms with Crippen molar-refractivity contribution in [2.45, 2.75) is 32.4 Å². The summed E-state index contributed by atoms with van der Waals surface area (Å²) in [5.74, 6) is 0.833. The zero-order valence-electron chi connectivity index (χ0n) is 19.0. The zero-order chi connectivity index (χ0) is 23.5. The molecule has 0 spiro atoms. The summed E-state index contributed by atoms with van der Waals surface area (Å²) >= 11 is 0. The van der Waals surface area contributed by atoms with Gasteiger partial charge in [-0.1, -0.05) is 54.6 Å². The van der Waals surface area contributed by atoms with E-state index >= 15 is 0 Å². The summed E-state index contributed by atoms with van der Waals surface area (Å²) in [6.07, 6.45) is 6.02. The van der Waals surface area contributed by atoms with Crippen molar-refractivity contribution in [1.82, 2.24) is 9.78 Å². The van der Waals surface area contributed by atoms with Crippen LogP contribution in [0.3, 0.4) is 0 Å². The first kappa shape index (κ1) is 21.8. The third-order valence-electron chi connectivity index (χ3n) is 5.99. The first-order valence-corrected chi connectivity index (χ1v) is 11.4. The maximum Gasteiger partial charge on any atom is 0.341 e. The number of aryl methyl sites for hydroxylation is 1. The molecule has 1 heterocycles. The summed E-state index contributed by atoms with van der Waals surface area (Å²) in [6, 6.07) is 22.6. The molecule has 1 aliphatic rings. The monoisotopic (exact) mass is 454 g/mol. The molecule has 6 nitrogen and oxygen atoms in total. The van der Waals surface area contributed by atoms with Crippen molar-refractivity contribution >= 4 is 5.97 Å². The Balaban J connectivity index is 1.28. The molecule has 34 heavy (non-hydrogen) atoms. The molecule has 3 aromatic carbocycles. The summed E-state index contributed by atoms with van der Waals surface area (Å²) in [6.45, 7) is 1.83. The van der Waals surface area contributed by atoms with Crippen LogP contribution in [0.1, 0.15) is 29.9 Å². The molecule has 0 bridgehead atoms. The molecule has 1 fully saturated rings. The highest BCUT2D eigenvalue weighted by Gasteiger charge is 2.28. The van der Waals surface area contributed by atoms with Crippen LogP contribution in [0, 0.1) is 6.92 Å². The van der Waals surface area contributed by atoms with Crippen LogP contribution in [0.15, 0.2) is 79.1 Å². The Kier molecular flexibility index (Phi) is 6.04. The quantitative estimate of drug-likeness (QED) is 0.341. The summed E-state index contributed by atoms with van der Waals surface area (Å²) in [7, 11) is 0. The molecule has 172 valence electrons. The third-order valence-corrected chi connectivity index (χ3v) is 5.99. The van der Waals surface area contributed by atoms with Gasteiger partial charge >= 0.3 is 5.97 Å². The van der Waals surface area contributed by atoms with Gasteiger partial charge in [0.25, 0.3) is 0 Å². The minimum atomic E-state index is -0.989. The molecule has 5 rings (SSSR count). The number of carboxylic acids is 1. The average Bonchev–Trinajstić information content (AvgIpc) is 3.59. The molecule has 0 amide bonds. The lowest BCUT2D eigenvalue weighted by Gasteiger charge is -2.15. The van der Waals surface area contributed by atoms with Gasteiger partial charge in [0.2, 0.25) is 0 Å². The Morgan fingerprint density at radius 1 is 0.941 bits per heavy atom. The molecular formula is C28H26N2O4. The molecule has 0 unspecified atom stereocenters. The number of aliphatic carboxylic acids is 1. The lowest BCUT2D eigenvalue weighted by molar-refractivity contribution is -0.139. The minimum absolute atomic E-state index is 0.288. The van der Waals surface area contributed by atoms with Crippen molar-refractivity contribution in [2.24, 2.45) is 0 Å². The van der Waals surface area contributed by atoms with E-state index in [4.69, 9.17) is 14.6 Å². The average molecular weight is 455 g/mol. The van der Waals surface area contributed by atoms with Gasteiger partial charge in [0, 0.05) is 17.3 Å². The van der Waals surface area contributed by atoms with E-state index in [1.807, 2.05) is 49.6 Å². The molecule has 0 radical (unpaired) electrons. The number of rotatable bonds is 9. The van der Waals surface area contributed by atoms with E-state index in [-0.39, 0.29) is 13.3 Å². The Bertz CT molecular complexity index is 1290. The highest BCUT2D eigenvalue weighted by Crippen LogP contribution is 2.46. The molecule has 0 saturated heterocycles. The Morgan fingerprint density at radius 3 is 2.29 bits per heavy atom. The van der Waals surface area contributed by atoms with Crippen molar-refractivity contribution in [2.75, 3.05) is 6.61 Å². The Labute approximate surface area is 198 Å². The lowest BCUT2D eigenvalue weighted by Crippen LogP contribution is -2.11. The van der Waals surface area contributed by atoms with E-state index in [2.05, 4.69) is 41.5 Å². The number of aromatic nitrogens is 2. The summed E-state index contributed by atoms with van der Waals surface area (Å²) in [5, 5.41) is 13.4. The minimum Gasteiger partial charge on any atom is -0.482 e. The summed E-state index contributed by atoms with van der Waals surface area (Å²) in [5.41, 5.74) is 6.41. The van der Waals surface area contributed by atoms with Gasteiger partial charge in [-0.05, 0) is 60.1 Å². The van der Waals surface area contributed by atoms with Gasteiger partial charge in [-0.25, -0.2) is 9.48 Å².